The molecule has 4 nitrogen and oxygen atoms in total. The van der Waals surface area contributed by atoms with Crippen LogP contribution < -0.4 is 47.5 Å². The van der Waals surface area contributed by atoms with Gasteiger partial charge in [0.25, 0.3) is 0 Å². The molecule has 4 aliphatic carbocycles. The van der Waals surface area contributed by atoms with Crippen LogP contribution in [0.2, 0.25) is 0 Å². The zero-order chi connectivity index (χ0) is 23.3. The summed E-state index contributed by atoms with van der Waals surface area (Å²) in [6.45, 7) is 12.2. The Balaban J connectivity index is 0.00000204. The summed E-state index contributed by atoms with van der Waals surface area (Å²) in [5.74, 6) is 4.79. The minimum Gasteiger partial charge on any atom is -0.790 e. The Labute approximate surface area is 232 Å². The summed E-state index contributed by atoms with van der Waals surface area (Å²) in [5.41, 5.74) is 2.00. The number of phosphoric acid groups is 1. The van der Waals surface area contributed by atoms with Crippen LogP contribution in [0.3, 0.4) is 0 Å². The van der Waals surface area contributed by atoms with Crippen LogP contribution in [-0.4, -0.2) is 6.10 Å². The van der Waals surface area contributed by atoms with Gasteiger partial charge < -0.3 is 18.9 Å². The largest absolute Gasteiger partial charge is 1.00 e. The van der Waals surface area contributed by atoms with E-state index in [-0.39, 0.29) is 43.1 Å². The predicted octanol–water partition coefficient (Wildman–Crippen LogP) is 0.250. The molecule has 0 radical (unpaired) electrons. The van der Waals surface area contributed by atoms with Crippen molar-refractivity contribution in [1.82, 2.24) is 0 Å². The minimum absolute atomic E-state index is 0. The predicted molar refractivity (Wildman–Crippen MR) is 126 cm³/mol. The van der Waals surface area contributed by atoms with Crippen molar-refractivity contribution in [3.05, 3.63) is 11.6 Å². The van der Waals surface area contributed by atoms with Crippen molar-refractivity contribution < 1.29 is 56.6 Å². The second-order valence-electron chi connectivity index (χ2n) is 12.7. The molecule has 0 bridgehead atoms. The van der Waals surface area contributed by atoms with Gasteiger partial charge in [0.2, 0.25) is 0 Å². The first-order chi connectivity index (χ1) is 14.9. The van der Waals surface area contributed by atoms with Crippen molar-refractivity contribution >= 4 is 7.82 Å². The standard InChI is InChI=1S/C27H47O4P.2Li/c1-18(2)7-6-8-19(3)23-11-12-24-22-10-9-20-17-21(31-32(28,29)30)13-15-26(20,4)25(22)14-16-27(23,24)5;;/h9,18-19,21-25H,6-8,10-17H2,1-5H3,(H2,28,29,30);;/q;2*+1/p-2/t19?,21-,22-,23+,24-,25-,26-,27+;;/m0../s1. The maximum Gasteiger partial charge on any atom is 1.00 e. The van der Waals surface area contributed by atoms with E-state index >= 15 is 0 Å². The molecule has 34 heavy (non-hydrogen) atoms. The van der Waals surface area contributed by atoms with Gasteiger partial charge in [0, 0.05) is 0 Å². The quantitative estimate of drug-likeness (QED) is 0.299. The average Bonchev–Trinajstić information content (AvgIpc) is 3.04. The van der Waals surface area contributed by atoms with Gasteiger partial charge in [-0.2, -0.15) is 0 Å². The second kappa shape index (κ2) is 11.8. The Hall–Kier alpha value is 1.04. The van der Waals surface area contributed by atoms with Crippen LogP contribution in [0.5, 0.6) is 0 Å². The van der Waals surface area contributed by atoms with Crippen LogP contribution >= 0.6 is 7.82 Å². The van der Waals surface area contributed by atoms with Crippen molar-refractivity contribution in [3.63, 3.8) is 0 Å². The van der Waals surface area contributed by atoms with Gasteiger partial charge in [0.05, 0.1) is 13.9 Å². The van der Waals surface area contributed by atoms with Crippen LogP contribution in [0, 0.1) is 46.3 Å². The first-order valence-corrected chi connectivity index (χ1v) is 14.8. The van der Waals surface area contributed by atoms with Gasteiger partial charge in [0.1, 0.15) is 0 Å². The maximum absolute atomic E-state index is 11.1. The molecule has 8 atom stereocenters. The number of phosphoric ester groups is 1. The molecule has 0 spiro atoms. The molecular weight excluding hydrogens is 433 g/mol. The summed E-state index contributed by atoms with van der Waals surface area (Å²) in [6, 6.07) is 0. The minimum atomic E-state index is -4.91. The van der Waals surface area contributed by atoms with E-state index < -0.39 is 13.9 Å². The van der Waals surface area contributed by atoms with Crippen molar-refractivity contribution in [2.24, 2.45) is 46.3 Å². The fourth-order valence-electron chi connectivity index (χ4n) is 8.92. The molecule has 4 rings (SSSR count). The molecule has 0 N–H and O–H groups in total. The first-order valence-electron chi connectivity index (χ1n) is 13.3. The molecule has 0 aromatic rings. The summed E-state index contributed by atoms with van der Waals surface area (Å²) < 4.78 is 16.0. The fourth-order valence-corrected chi connectivity index (χ4v) is 9.47. The molecule has 0 aromatic carbocycles. The first kappa shape index (κ1) is 31.3. The van der Waals surface area contributed by atoms with Crippen molar-refractivity contribution in [2.45, 2.75) is 111 Å². The number of rotatable bonds is 7. The summed E-state index contributed by atoms with van der Waals surface area (Å²) in [5, 5.41) is 0. The Bertz CT molecular complexity index is 768. The molecule has 7 heteroatoms. The fraction of sp³-hybridized carbons (Fsp3) is 0.926. The number of fused-ring (bicyclic) bond motifs is 5. The average molecular weight is 479 g/mol. The number of hydrogen-bond donors (Lipinski definition) is 0. The molecule has 3 saturated carbocycles. The molecule has 0 amide bonds. The number of hydrogen-bond acceptors (Lipinski definition) is 4. The Morgan fingerprint density at radius 2 is 1.74 bits per heavy atom. The third-order valence-corrected chi connectivity index (χ3v) is 11.1. The third kappa shape index (κ3) is 6.19. The van der Waals surface area contributed by atoms with Gasteiger partial charge in [-0.15, -0.1) is 0 Å². The normalized spacial score (nSPS) is 40.2. The molecule has 3 fully saturated rings. The van der Waals surface area contributed by atoms with E-state index in [0.717, 1.165) is 42.4 Å². The zero-order valence-corrected chi connectivity index (χ0v) is 23.9. The molecule has 184 valence electrons. The van der Waals surface area contributed by atoms with Crippen LogP contribution in [0.25, 0.3) is 0 Å². The molecule has 4 aliphatic rings. The Kier molecular flexibility index (Phi) is 10.9. The summed E-state index contributed by atoms with van der Waals surface area (Å²) in [4.78, 5) is 22.3. The molecule has 0 heterocycles. The van der Waals surface area contributed by atoms with Gasteiger partial charge in [-0.3, -0.25) is 0 Å². The van der Waals surface area contributed by atoms with Crippen LogP contribution in [0.1, 0.15) is 105 Å². The van der Waals surface area contributed by atoms with Crippen molar-refractivity contribution in [1.29, 1.82) is 0 Å². The van der Waals surface area contributed by atoms with Crippen molar-refractivity contribution in [3.8, 4) is 0 Å². The van der Waals surface area contributed by atoms with E-state index in [1.165, 1.54) is 50.5 Å². The Morgan fingerprint density at radius 1 is 1.03 bits per heavy atom. The summed E-state index contributed by atoms with van der Waals surface area (Å²) in [6.07, 6.45) is 14.9. The van der Waals surface area contributed by atoms with Gasteiger partial charge in [-0.1, -0.05) is 65.5 Å². The molecule has 0 aliphatic heterocycles. The van der Waals surface area contributed by atoms with E-state index in [0.29, 0.717) is 24.2 Å². The van der Waals surface area contributed by atoms with Crippen LogP contribution in [0.4, 0.5) is 0 Å². The van der Waals surface area contributed by atoms with E-state index in [1.807, 2.05) is 0 Å². The Morgan fingerprint density at radius 3 is 2.38 bits per heavy atom. The third-order valence-electron chi connectivity index (χ3n) is 10.5. The van der Waals surface area contributed by atoms with E-state index in [9.17, 15) is 14.4 Å². The smallest absolute Gasteiger partial charge is 0.790 e. The zero-order valence-electron chi connectivity index (χ0n) is 23.0. The molecule has 1 unspecified atom stereocenters. The molecular formula is C27H45Li2O4P. The maximum atomic E-state index is 11.1. The summed E-state index contributed by atoms with van der Waals surface area (Å²) >= 11 is 0. The SMILES string of the molecule is CC(C)CCCC(C)[C@H]1CC[C@H]2[C@@H]3CC=C4C[C@@H](OP(=O)([O-])[O-])CC[C@]4(C)[C@H]3CC[C@]12C.[Li+].[Li+]. The van der Waals surface area contributed by atoms with E-state index in [2.05, 4.69) is 40.7 Å². The number of allylic oxidation sites excluding steroid dienone is 1. The van der Waals surface area contributed by atoms with Gasteiger partial charge >= 0.3 is 37.7 Å². The summed E-state index contributed by atoms with van der Waals surface area (Å²) in [7, 11) is -4.91. The van der Waals surface area contributed by atoms with Crippen molar-refractivity contribution in [2.75, 3.05) is 0 Å². The second-order valence-corrected chi connectivity index (χ2v) is 13.8. The van der Waals surface area contributed by atoms with Gasteiger partial charge in [-0.05, 0) is 97.7 Å². The van der Waals surface area contributed by atoms with Crippen LogP contribution in [-0.2, 0) is 9.09 Å². The van der Waals surface area contributed by atoms with Crippen LogP contribution in [0.15, 0.2) is 11.6 Å². The van der Waals surface area contributed by atoms with E-state index in [1.54, 1.807) is 0 Å². The molecule has 0 saturated heterocycles. The van der Waals surface area contributed by atoms with E-state index in [4.69, 9.17) is 4.52 Å². The van der Waals surface area contributed by atoms with Gasteiger partial charge in [0.15, 0.2) is 0 Å². The monoisotopic (exact) mass is 478 g/mol. The molecule has 0 aromatic heterocycles. The van der Waals surface area contributed by atoms with Gasteiger partial charge in [-0.25, -0.2) is 0 Å². The topological polar surface area (TPSA) is 72.4 Å².